The van der Waals surface area contributed by atoms with E-state index in [1.807, 2.05) is 0 Å². The quantitative estimate of drug-likeness (QED) is 0.108. The topological polar surface area (TPSA) is 116 Å². The Labute approximate surface area is 224 Å². The molecular weight excluding hydrogens is 543 g/mol. The maximum atomic E-state index is 12.9. The van der Waals surface area contributed by atoms with Crippen LogP contribution in [-0.2, 0) is 11.3 Å². The van der Waals surface area contributed by atoms with Crippen LogP contribution in [0.1, 0.15) is 21.5 Å². The lowest BCUT2D eigenvalue weighted by Crippen LogP contribution is -2.27. The van der Waals surface area contributed by atoms with Gasteiger partial charge in [0.15, 0.2) is 11.5 Å². The second-order valence-electron chi connectivity index (χ2n) is 7.62. The number of esters is 1. The molecule has 3 aromatic carbocycles. The van der Waals surface area contributed by atoms with E-state index in [0.717, 1.165) is 16.7 Å². The molecule has 0 unspecified atom stereocenters. The van der Waals surface area contributed by atoms with Crippen LogP contribution >= 0.6 is 35.0 Å². The third kappa shape index (κ3) is 5.93. The smallest absolute Gasteiger partial charge is 0.343 e. The average molecular weight is 559 g/mol. The van der Waals surface area contributed by atoms with E-state index in [4.69, 9.17) is 32.7 Å². The van der Waals surface area contributed by atoms with E-state index in [1.54, 1.807) is 12.1 Å². The summed E-state index contributed by atoms with van der Waals surface area (Å²) < 4.78 is 10.8. The van der Waals surface area contributed by atoms with Crippen molar-refractivity contribution in [3.05, 3.63) is 102 Å². The van der Waals surface area contributed by atoms with Crippen molar-refractivity contribution in [1.82, 2.24) is 4.90 Å². The van der Waals surface area contributed by atoms with E-state index in [-0.39, 0.29) is 39.2 Å². The molecule has 1 aliphatic heterocycles. The van der Waals surface area contributed by atoms with Crippen molar-refractivity contribution in [2.24, 2.45) is 0 Å². The van der Waals surface area contributed by atoms with Crippen LogP contribution in [-0.4, -0.2) is 34.0 Å². The molecule has 1 saturated heterocycles. The maximum Gasteiger partial charge on any atom is 0.343 e. The Kier molecular flexibility index (Phi) is 7.82. The molecule has 0 bridgehead atoms. The van der Waals surface area contributed by atoms with Gasteiger partial charge in [-0.05, 0) is 65.4 Å². The fourth-order valence-corrected chi connectivity index (χ4v) is 4.58. The molecule has 3 aromatic rings. The Balaban J connectivity index is 1.53. The predicted octanol–water partition coefficient (Wildman–Crippen LogP) is 6.37. The van der Waals surface area contributed by atoms with Gasteiger partial charge in [0.2, 0.25) is 0 Å². The predicted molar refractivity (Wildman–Crippen MR) is 139 cm³/mol. The molecule has 1 heterocycles. The zero-order chi connectivity index (χ0) is 26.7. The van der Waals surface area contributed by atoms with Gasteiger partial charge in [-0.2, -0.15) is 0 Å². The van der Waals surface area contributed by atoms with Gasteiger partial charge < -0.3 is 9.47 Å². The van der Waals surface area contributed by atoms with Crippen molar-refractivity contribution < 1.29 is 28.8 Å². The summed E-state index contributed by atoms with van der Waals surface area (Å²) in [6, 6.07) is 14.7. The highest BCUT2D eigenvalue weighted by atomic mass is 35.5. The van der Waals surface area contributed by atoms with E-state index in [9.17, 15) is 24.5 Å². The number of nitro benzene ring substituents is 1. The van der Waals surface area contributed by atoms with Gasteiger partial charge in [-0.15, -0.1) is 0 Å². The maximum absolute atomic E-state index is 12.9. The molecule has 188 valence electrons. The Morgan fingerprint density at radius 2 is 1.76 bits per heavy atom. The molecule has 4 rings (SSSR count). The highest BCUT2D eigenvalue weighted by Crippen LogP contribution is 2.39. The van der Waals surface area contributed by atoms with Crippen LogP contribution in [0.25, 0.3) is 6.08 Å². The minimum Gasteiger partial charge on any atom is -0.493 e. The third-order valence-corrected chi connectivity index (χ3v) is 6.63. The molecule has 0 atom stereocenters. The number of halogens is 2. The first-order chi connectivity index (χ1) is 17.7. The first-order valence-corrected chi connectivity index (χ1v) is 12.1. The van der Waals surface area contributed by atoms with Gasteiger partial charge in [0.25, 0.3) is 16.8 Å². The van der Waals surface area contributed by atoms with E-state index < -0.39 is 22.0 Å². The van der Waals surface area contributed by atoms with Crippen molar-refractivity contribution in [1.29, 1.82) is 0 Å². The molecule has 12 heteroatoms. The van der Waals surface area contributed by atoms with Crippen LogP contribution in [0.3, 0.4) is 0 Å². The number of methoxy groups -OCH3 is 1. The van der Waals surface area contributed by atoms with E-state index in [0.29, 0.717) is 16.1 Å². The lowest BCUT2D eigenvalue weighted by molar-refractivity contribution is -0.384. The summed E-state index contributed by atoms with van der Waals surface area (Å²) in [5.41, 5.74) is 1.17. The Bertz CT molecular complexity index is 1440. The largest absolute Gasteiger partial charge is 0.493 e. The molecule has 1 aliphatic rings. The average Bonchev–Trinajstić information content (AvgIpc) is 3.13. The highest BCUT2D eigenvalue weighted by Gasteiger charge is 2.35. The number of thioether (sulfide) groups is 1. The van der Waals surface area contributed by atoms with E-state index >= 15 is 0 Å². The van der Waals surface area contributed by atoms with Crippen molar-refractivity contribution in [2.75, 3.05) is 7.11 Å². The van der Waals surface area contributed by atoms with Crippen molar-refractivity contribution in [2.45, 2.75) is 6.54 Å². The molecule has 0 saturated carbocycles. The zero-order valence-corrected chi connectivity index (χ0v) is 21.3. The molecule has 0 aromatic heterocycles. The van der Waals surface area contributed by atoms with Gasteiger partial charge in [-0.1, -0.05) is 35.3 Å². The van der Waals surface area contributed by atoms with Crippen LogP contribution in [0.5, 0.6) is 11.5 Å². The second-order valence-corrected chi connectivity index (χ2v) is 9.46. The van der Waals surface area contributed by atoms with Gasteiger partial charge in [0.05, 0.1) is 34.1 Å². The SMILES string of the molecule is COc1cc(/C=C2\SC(=O)N(Cc3ccc([N+](=O)[O-])cc3)C2=O)cc(Cl)c1OC(=O)c1ccc(Cl)cc1. The Morgan fingerprint density at radius 1 is 1.08 bits per heavy atom. The molecule has 0 spiro atoms. The van der Waals surface area contributed by atoms with Crippen molar-refractivity contribution in [3.63, 3.8) is 0 Å². The highest BCUT2D eigenvalue weighted by molar-refractivity contribution is 8.18. The monoisotopic (exact) mass is 558 g/mol. The van der Waals surface area contributed by atoms with E-state index in [1.165, 1.54) is 61.7 Å². The zero-order valence-electron chi connectivity index (χ0n) is 19.0. The lowest BCUT2D eigenvalue weighted by atomic mass is 10.1. The van der Waals surface area contributed by atoms with Crippen molar-refractivity contribution >= 4 is 63.8 Å². The Morgan fingerprint density at radius 3 is 2.38 bits per heavy atom. The van der Waals surface area contributed by atoms with Crippen molar-refractivity contribution in [3.8, 4) is 11.5 Å². The van der Waals surface area contributed by atoms with Gasteiger partial charge >= 0.3 is 5.97 Å². The summed E-state index contributed by atoms with van der Waals surface area (Å²) in [6.45, 7) is -0.0380. The third-order valence-electron chi connectivity index (χ3n) is 5.19. The summed E-state index contributed by atoms with van der Waals surface area (Å²) >= 11 is 13.0. The molecule has 9 nitrogen and oxygen atoms in total. The number of rotatable bonds is 7. The first-order valence-electron chi connectivity index (χ1n) is 10.5. The van der Waals surface area contributed by atoms with E-state index in [2.05, 4.69) is 0 Å². The van der Waals surface area contributed by atoms with Gasteiger partial charge in [0, 0.05) is 17.2 Å². The van der Waals surface area contributed by atoms with Gasteiger partial charge in [-0.3, -0.25) is 24.6 Å². The van der Waals surface area contributed by atoms with Crippen LogP contribution in [0, 0.1) is 10.1 Å². The number of nitro groups is 1. The molecule has 0 N–H and O–H groups in total. The number of hydrogen-bond donors (Lipinski definition) is 0. The number of imide groups is 1. The molecule has 2 amide bonds. The van der Waals surface area contributed by atoms with Gasteiger partial charge in [0.1, 0.15) is 0 Å². The lowest BCUT2D eigenvalue weighted by Gasteiger charge is -2.13. The summed E-state index contributed by atoms with van der Waals surface area (Å²) in [5.74, 6) is -1.06. The van der Waals surface area contributed by atoms with Crippen LogP contribution < -0.4 is 9.47 Å². The number of carbonyl (C=O) groups is 3. The number of hydrogen-bond acceptors (Lipinski definition) is 8. The van der Waals surface area contributed by atoms with Gasteiger partial charge in [-0.25, -0.2) is 4.79 Å². The summed E-state index contributed by atoms with van der Waals surface area (Å²) in [4.78, 5) is 49.4. The number of nitrogens with zero attached hydrogens (tertiary/aromatic N) is 2. The summed E-state index contributed by atoms with van der Waals surface area (Å²) in [5, 5.41) is 10.9. The normalized spacial score (nSPS) is 14.2. The standard InChI is InChI=1S/C25H16Cl2N2O7S/c1-35-20-11-15(10-19(27)22(20)36-24(31)16-4-6-17(26)7-5-16)12-21-23(30)28(25(32)37-21)13-14-2-8-18(9-3-14)29(33)34/h2-12H,13H2,1H3/b21-12-. The molecule has 0 aliphatic carbocycles. The van der Waals surface area contributed by atoms with Crippen LogP contribution in [0.4, 0.5) is 10.5 Å². The summed E-state index contributed by atoms with van der Waals surface area (Å²) in [6.07, 6.45) is 1.47. The Hall–Kier alpha value is -3.86. The molecule has 1 fully saturated rings. The fraction of sp³-hybridized carbons (Fsp3) is 0.0800. The number of amides is 2. The van der Waals surface area contributed by atoms with Crippen LogP contribution in [0.2, 0.25) is 10.0 Å². The molecule has 0 radical (unpaired) electrons. The summed E-state index contributed by atoms with van der Waals surface area (Å²) in [7, 11) is 1.37. The minimum atomic E-state index is -0.669. The second kappa shape index (κ2) is 11.0. The number of benzene rings is 3. The number of non-ortho nitro benzene ring substituents is 1. The molecular formula is C25H16Cl2N2O7S. The fourth-order valence-electron chi connectivity index (χ4n) is 3.35. The number of carbonyl (C=O) groups excluding carboxylic acids is 3. The number of ether oxygens (including phenoxy) is 2. The van der Waals surface area contributed by atoms with Crippen LogP contribution in [0.15, 0.2) is 65.6 Å². The molecule has 37 heavy (non-hydrogen) atoms. The first kappa shape index (κ1) is 26.2. The minimum absolute atomic E-state index is 0.00691.